The second-order valence-corrected chi connectivity index (χ2v) is 10.9. The number of piperidine rings is 2. The first kappa shape index (κ1) is 21.2. The summed E-state index contributed by atoms with van der Waals surface area (Å²) in [5, 5.41) is 13.1. The Kier molecular flexibility index (Phi) is 5.52. The van der Waals surface area contributed by atoms with Gasteiger partial charge in [-0.05, 0) is 81.1 Å². The quantitative estimate of drug-likeness (QED) is 0.562. The van der Waals surface area contributed by atoms with Gasteiger partial charge in [-0.15, -0.1) is 0 Å². The van der Waals surface area contributed by atoms with Gasteiger partial charge in [-0.1, -0.05) is 0 Å². The first-order valence-corrected chi connectivity index (χ1v) is 9.78. The summed E-state index contributed by atoms with van der Waals surface area (Å²) in [6.45, 7) is 17.1. The van der Waals surface area contributed by atoms with Crippen molar-refractivity contribution in [1.82, 2.24) is 21.3 Å². The van der Waals surface area contributed by atoms with Gasteiger partial charge in [0, 0.05) is 34.2 Å². The summed E-state index contributed by atoms with van der Waals surface area (Å²) in [6.07, 6.45) is 3.23. The molecule has 26 heavy (non-hydrogen) atoms. The van der Waals surface area contributed by atoms with Crippen LogP contribution in [0.2, 0.25) is 0 Å². The Bertz CT molecular complexity index is 484. The van der Waals surface area contributed by atoms with Crippen molar-refractivity contribution in [3.05, 3.63) is 0 Å². The maximum atomic E-state index is 12.5. The molecule has 0 unspecified atom stereocenters. The number of nitrogens with one attached hydrogen (secondary N) is 4. The molecule has 2 fully saturated rings. The Hall–Kier alpha value is -1.14. The van der Waals surface area contributed by atoms with E-state index >= 15 is 0 Å². The lowest BCUT2D eigenvalue weighted by Crippen LogP contribution is -2.64. The molecule has 2 aliphatic rings. The van der Waals surface area contributed by atoms with E-state index < -0.39 is 11.8 Å². The summed E-state index contributed by atoms with van der Waals surface area (Å²) in [7, 11) is 0. The summed E-state index contributed by atoms with van der Waals surface area (Å²) >= 11 is 0. The predicted molar refractivity (Wildman–Crippen MR) is 105 cm³/mol. The third-order valence-electron chi connectivity index (χ3n) is 5.26. The van der Waals surface area contributed by atoms with Gasteiger partial charge < -0.3 is 21.3 Å². The second kappa shape index (κ2) is 6.79. The van der Waals surface area contributed by atoms with Crippen molar-refractivity contribution < 1.29 is 9.59 Å². The summed E-state index contributed by atoms with van der Waals surface area (Å²) < 4.78 is 0. The van der Waals surface area contributed by atoms with Crippen LogP contribution >= 0.6 is 0 Å². The van der Waals surface area contributed by atoms with E-state index in [4.69, 9.17) is 0 Å². The zero-order valence-corrected chi connectivity index (χ0v) is 17.8. The highest BCUT2D eigenvalue weighted by atomic mass is 16.2. The van der Waals surface area contributed by atoms with Gasteiger partial charge in [0.15, 0.2) is 0 Å². The monoisotopic (exact) mass is 366 g/mol. The fourth-order valence-electron chi connectivity index (χ4n) is 5.35. The number of carbonyl (C=O) groups excluding carboxylic acids is 2. The van der Waals surface area contributed by atoms with Gasteiger partial charge >= 0.3 is 11.8 Å². The normalized spacial score (nSPS) is 27.5. The Morgan fingerprint density at radius 1 is 0.615 bits per heavy atom. The maximum Gasteiger partial charge on any atom is 0.309 e. The smallest absolute Gasteiger partial charge is 0.309 e. The highest BCUT2D eigenvalue weighted by molar-refractivity contribution is 6.35. The summed E-state index contributed by atoms with van der Waals surface area (Å²) in [5.74, 6) is -1.03. The SMILES string of the molecule is CC1(C)CC(NC(=O)C(=O)NC2CC(C)(C)NC(C)(C)C2)CC(C)(C)N1. The first-order chi connectivity index (χ1) is 11.6. The molecule has 0 aromatic heterocycles. The first-order valence-electron chi connectivity index (χ1n) is 9.78. The lowest BCUT2D eigenvalue weighted by Gasteiger charge is -2.47. The fourth-order valence-corrected chi connectivity index (χ4v) is 5.35. The maximum absolute atomic E-state index is 12.5. The minimum Gasteiger partial charge on any atom is -0.345 e. The van der Waals surface area contributed by atoms with E-state index in [1.807, 2.05) is 0 Å². The van der Waals surface area contributed by atoms with E-state index in [9.17, 15) is 9.59 Å². The van der Waals surface area contributed by atoms with Crippen molar-refractivity contribution in [3.63, 3.8) is 0 Å². The van der Waals surface area contributed by atoms with Crippen molar-refractivity contribution in [2.75, 3.05) is 0 Å². The van der Waals surface area contributed by atoms with Crippen molar-refractivity contribution in [2.24, 2.45) is 0 Å². The van der Waals surface area contributed by atoms with E-state index in [1.165, 1.54) is 0 Å². The molecule has 0 bridgehead atoms. The molecule has 0 aromatic carbocycles. The zero-order valence-electron chi connectivity index (χ0n) is 17.8. The number of carbonyl (C=O) groups is 2. The lowest BCUT2D eigenvalue weighted by atomic mass is 9.79. The van der Waals surface area contributed by atoms with Gasteiger partial charge in [-0.2, -0.15) is 0 Å². The average molecular weight is 367 g/mol. The molecule has 0 saturated carbocycles. The lowest BCUT2D eigenvalue weighted by molar-refractivity contribution is -0.140. The Morgan fingerprint density at radius 2 is 0.846 bits per heavy atom. The van der Waals surface area contributed by atoms with Crippen LogP contribution < -0.4 is 21.3 Å². The van der Waals surface area contributed by atoms with Crippen molar-refractivity contribution in [2.45, 2.75) is 115 Å². The molecule has 6 nitrogen and oxygen atoms in total. The molecule has 2 aliphatic heterocycles. The van der Waals surface area contributed by atoms with E-state index in [0.29, 0.717) is 0 Å². The van der Waals surface area contributed by atoms with Crippen LogP contribution in [0, 0.1) is 0 Å². The third kappa shape index (κ3) is 5.95. The van der Waals surface area contributed by atoms with Gasteiger partial charge in [-0.25, -0.2) is 0 Å². The average Bonchev–Trinajstić information content (AvgIpc) is 2.29. The number of rotatable bonds is 2. The number of hydrogen-bond acceptors (Lipinski definition) is 4. The molecule has 0 spiro atoms. The molecule has 150 valence electrons. The van der Waals surface area contributed by atoms with Crippen molar-refractivity contribution >= 4 is 11.8 Å². The van der Waals surface area contributed by atoms with Gasteiger partial charge in [0.05, 0.1) is 0 Å². The molecule has 2 rings (SSSR count). The van der Waals surface area contributed by atoms with Crippen LogP contribution in [0.1, 0.15) is 81.1 Å². The van der Waals surface area contributed by atoms with Crippen molar-refractivity contribution in [1.29, 1.82) is 0 Å². The summed E-state index contributed by atoms with van der Waals surface area (Å²) in [4.78, 5) is 24.9. The highest BCUT2D eigenvalue weighted by Gasteiger charge is 2.40. The van der Waals surface area contributed by atoms with Crippen molar-refractivity contribution in [3.8, 4) is 0 Å². The Labute approximate surface area is 158 Å². The van der Waals surface area contributed by atoms with Gasteiger partial charge in [-0.3, -0.25) is 9.59 Å². The minimum atomic E-state index is -0.516. The van der Waals surface area contributed by atoms with Gasteiger partial charge in [0.1, 0.15) is 0 Å². The van der Waals surface area contributed by atoms with Crippen LogP contribution in [0.5, 0.6) is 0 Å². The summed E-state index contributed by atoms with van der Waals surface area (Å²) in [6, 6.07) is 0.000749. The minimum absolute atomic E-state index is 0.000374. The van der Waals surface area contributed by atoms with E-state index in [1.54, 1.807) is 0 Å². The van der Waals surface area contributed by atoms with E-state index in [0.717, 1.165) is 25.7 Å². The molecule has 0 aliphatic carbocycles. The highest BCUT2D eigenvalue weighted by Crippen LogP contribution is 2.29. The topological polar surface area (TPSA) is 82.3 Å². The predicted octanol–water partition coefficient (Wildman–Crippen LogP) is 1.84. The van der Waals surface area contributed by atoms with Crippen LogP contribution in [0.3, 0.4) is 0 Å². The third-order valence-corrected chi connectivity index (χ3v) is 5.26. The molecular weight excluding hydrogens is 328 g/mol. The fraction of sp³-hybridized carbons (Fsp3) is 0.900. The second-order valence-electron chi connectivity index (χ2n) is 10.9. The molecule has 2 amide bonds. The van der Waals surface area contributed by atoms with Crippen LogP contribution in [-0.4, -0.2) is 46.1 Å². The molecule has 2 saturated heterocycles. The van der Waals surface area contributed by atoms with Crippen LogP contribution in [-0.2, 0) is 9.59 Å². The molecule has 2 heterocycles. The molecule has 0 atom stereocenters. The van der Waals surface area contributed by atoms with Gasteiger partial charge in [0.25, 0.3) is 0 Å². The zero-order chi connectivity index (χ0) is 20.0. The Balaban J connectivity index is 1.94. The molecule has 6 heteroatoms. The Morgan fingerprint density at radius 3 is 1.08 bits per heavy atom. The van der Waals surface area contributed by atoms with Crippen LogP contribution in [0.25, 0.3) is 0 Å². The number of amides is 2. The van der Waals surface area contributed by atoms with E-state index in [2.05, 4.69) is 76.7 Å². The molecule has 0 radical (unpaired) electrons. The number of hydrogen-bond donors (Lipinski definition) is 4. The van der Waals surface area contributed by atoms with Crippen LogP contribution in [0.4, 0.5) is 0 Å². The largest absolute Gasteiger partial charge is 0.345 e. The van der Waals surface area contributed by atoms with Gasteiger partial charge in [0.2, 0.25) is 0 Å². The molecule has 0 aromatic rings. The van der Waals surface area contributed by atoms with Crippen LogP contribution in [0.15, 0.2) is 0 Å². The molecular formula is C20H38N4O2. The molecule has 4 N–H and O–H groups in total. The standard InChI is InChI=1S/C20H38N4O2/c1-17(2)9-13(10-18(3,4)23-17)21-15(25)16(26)22-14-11-19(5,6)24-20(7,8)12-14/h13-14,23-24H,9-12H2,1-8H3,(H,21,25)(H,22,26). The van der Waals surface area contributed by atoms with E-state index in [-0.39, 0.29) is 34.2 Å². The summed E-state index contributed by atoms with van der Waals surface area (Å²) in [5.41, 5.74) is -0.281.